The van der Waals surface area contributed by atoms with Crippen LogP contribution in [0.15, 0.2) is 81.6 Å². The number of hydrogen-bond donors (Lipinski definition) is 0. The van der Waals surface area contributed by atoms with E-state index in [1.807, 2.05) is 19.1 Å². The normalized spacial score (nSPS) is 21.4. The molecule has 48 heavy (non-hydrogen) atoms. The second kappa shape index (κ2) is 12.8. The zero-order valence-corrected chi connectivity index (χ0v) is 30.7. The maximum atomic E-state index is 14.4. The SMILES string of the molecule is CCOc1cc(C2C3=C(CC(C)(C)CC3=O)N(C3CCCCC3)C3=C2C(=O)CC(C)(C)C3)cc(Br)c1OCc1cccc2ccccc12. The molecule has 0 saturated heterocycles. The minimum atomic E-state index is -0.426. The van der Waals surface area contributed by atoms with E-state index >= 15 is 0 Å². The molecule has 252 valence electrons. The number of carbonyl (C=O) groups is 2. The molecule has 0 radical (unpaired) electrons. The Labute approximate surface area is 293 Å². The summed E-state index contributed by atoms with van der Waals surface area (Å²) in [5, 5.41) is 2.33. The van der Waals surface area contributed by atoms with Crippen LogP contribution in [-0.2, 0) is 16.2 Å². The van der Waals surface area contributed by atoms with Crippen molar-refractivity contribution in [3.63, 3.8) is 0 Å². The molecular formula is C42H48BrNO4. The quantitative estimate of drug-likeness (QED) is 0.244. The smallest absolute Gasteiger partial charge is 0.175 e. The Morgan fingerprint density at radius 1 is 0.792 bits per heavy atom. The number of rotatable bonds is 7. The van der Waals surface area contributed by atoms with Crippen LogP contribution in [0.3, 0.4) is 0 Å². The molecule has 0 spiro atoms. The Balaban J connectivity index is 1.36. The molecule has 3 aromatic carbocycles. The van der Waals surface area contributed by atoms with Gasteiger partial charge in [0, 0.05) is 47.3 Å². The Kier molecular flexibility index (Phi) is 8.85. The molecule has 1 heterocycles. The Morgan fingerprint density at radius 2 is 1.42 bits per heavy atom. The second-order valence-electron chi connectivity index (χ2n) is 15.9. The standard InChI is InChI=1S/C42H48BrNO4/c1-6-47-36-20-28(19-31(43)40(36)48-25-27-15-12-14-26-13-10-11-18-30(26)27)37-38-32(21-41(2,3)23-34(38)45)44(29-16-8-7-9-17-29)33-22-42(4,5)24-35(46)39(33)37/h10-15,18-20,29,37H,6-9,16-17,21-25H2,1-5H3. The van der Waals surface area contributed by atoms with Gasteiger partial charge in [-0.3, -0.25) is 9.59 Å². The monoisotopic (exact) mass is 709 g/mol. The van der Waals surface area contributed by atoms with Gasteiger partial charge in [-0.25, -0.2) is 0 Å². The van der Waals surface area contributed by atoms with Crippen LogP contribution < -0.4 is 9.47 Å². The first-order valence-electron chi connectivity index (χ1n) is 17.8. The van der Waals surface area contributed by atoms with Gasteiger partial charge < -0.3 is 14.4 Å². The highest BCUT2D eigenvalue weighted by atomic mass is 79.9. The molecule has 1 aliphatic heterocycles. The number of fused-ring (bicyclic) bond motifs is 1. The lowest BCUT2D eigenvalue weighted by atomic mass is 9.63. The van der Waals surface area contributed by atoms with E-state index in [1.54, 1.807) is 0 Å². The van der Waals surface area contributed by atoms with Crippen LogP contribution in [0.4, 0.5) is 0 Å². The first-order valence-corrected chi connectivity index (χ1v) is 18.6. The van der Waals surface area contributed by atoms with Gasteiger partial charge in [-0.2, -0.15) is 0 Å². The lowest BCUT2D eigenvalue weighted by Crippen LogP contribution is -2.48. The van der Waals surface area contributed by atoms with Gasteiger partial charge in [-0.1, -0.05) is 89.4 Å². The van der Waals surface area contributed by atoms with Crippen molar-refractivity contribution in [3.05, 3.63) is 92.7 Å². The molecule has 1 fully saturated rings. The molecule has 4 aliphatic rings. The summed E-state index contributed by atoms with van der Waals surface area (Å²) in [5.74, 6) is 1.16. The third-order valence-electron chi connectivity index (χ3n) is 10.8. The lowest BCUT2D eigenvalue weighted by Gasteiger charge is -2.52. The molecule has 5 nitrogen and oxygen atoms in total. The van der Waals surface area contributed by atoms with Crippen molar-refractivity contribution in [3.8, 4) is 11.5 Å². The van der Waals surface area contributed by atoms with E-state index in [0.717, 1.165) is 69.2 Å². The van der Waals surface area contributed by atoms with Crippen molar-refractivity contribution in [1.82, 2.24) is 4.90 Å². The number of ether oxygens (including phenoxy) is 2. The molecule has 3 aromatic rings. The number of carbonyl (C=O) groups excluding carboxylic acids is 2. The number of halogens is 1. The van der Waals surface area contributed by atoms with Crippen LogP contribution in [-0.4, -0.2) is 29.1 Å². The number of Topliss-reactive ketones (excluding diaryl/α,β-unsaturated/α-hetero) is 2. The molecule has 6 heteroatoms. The van der Waals surface area contributed by atoms with Crippen LogP contribution in [0.1, 0.15) is 109 Å². The number of ketones is 2. The molecule has 0 amide bonds. The fourth-order valence-electron chi connectivity index (χ4n) is 8.84. The van der Waals surface area contributed by atoms with Gasteiger partial charge in [0.05, 0.1) is 11.1 Å². The topological polar surface area (TPSA) is 55.8 Å². The lowest BCUT2D eigenvalue weighted by molar-refractivity contribution is -0.119. The molecule has 1 saturated carbocycles. The largest absolute Gasteiger partial charge is 0.490 e. The van der Waals surface area contributed by atoms with Gasteiger partial charge in [-0.05, 0) is 93.4 Å². The predicted molar refractivity (Wildman–Crippen MR) is 195 cm³/mol. The second-order valence-corrected chi connectivity index (χ2v) is 16.7. The Hall–Kier alpha value is -3.38. The van der Waals surface area contributed by atoms with Gasteiger partial charge in [0.15, 0.2) is 23.1 Å². The van der Waals surface area contributed by atoms with Gasteiger partial charge in [0.1, 0.15) is 6.61 Å². The van der Waals surface area contributed by atoms with Gasteiger partial charge in [0.2, 0.25) is 0 Å². The van der Waals surface area contributed by atoms with Crippen LogP contribution in [0.5, 0.6) is 11.5 Å². The average Bonchev–Trinajstić information content (AvgIpc) is 3.03. The van der Waals surface area contributed by atoms with Crippen molar-refractivity contribution in [2.75, 3.05) is 6.61 Å². The van der Waals surface area contributed by atoms with E-state index < -0.39 is 5.92 Å². The van der Waals surface area contributed by atoms with Crippen molar-refractivity contribution < 1.29 is 19.1 Å². The van der Waals surface area contributed by atoms with Gasteiger partial charge in [-0.15, -0.1) is 0 Å². The van der Waals surface area contributed by atoms with Gasteiger partial charge in [0.25, 0.3) is 0 Å². The average molecular weight is 711 g/mol. The minimum Gasteiger partial charge on any atom is -0.490 e. The maximum Gasteiger partial charge on any atom is 0.175 e. The predicted octanol–water partition coefficient (Wildman–Crippen LogP) is 10.6. The first kappa shape index (κ1) is 33.1. The summed E-state index contributed by atoms with van der Waals surface area (Å²) in [6.45, 7) is 11.7. The zero-order valence-electron chi connectivity index (χ0n) is 29.1. The number of nitrogens with zero attached hydrogens (tertiary/aromatic N) is 1. The summed E-state index contributed by atoms with van der Waals surface area (Å²) in [6.07, 6.45) is 8.46. The molecule has 0 unspecified atom stereocenters. The van der Waals surface area contributed by atoms with Crippen molar-refractivity contribution >= 4 is 38.3 Å². The highest BCUT2D eigenvalue weighted by Crippen LogP contribution is 2.56. The summed E-state index contributed by atoms with van der Waals surface area (Å²) in [4.78, 5) is 31.3. The van der Waals surface area contributed by atoms with Crippen molar-refractivity contribution in [2.24, 2.45) is 10.8 Å². The summed E-state index contributed by atoms with van der Waals surface area (Å²) >= 11 is 3.86. The van der Waals surface area contributed by atoms with Crippen LogP contribution in [0.2, 0.25) is 0 Å². The summed E-state index contributed by atoms with van der Waals surface area (Å²) in [7, 11) is 0. The van der Waals surface area contributed by atoms with Crippen LogP contribution >= 0.6 is 15.9 Å². The van der Waals surface area contributed by atoms with Crippen molar-refractivity contribution in [2.45, 2.75) is 111 Å². The van der Waals surface area contributed by atoms with E-state index in [0.29, 0.717) is 43.6 Å². The van der Waals surface area contributed by atoms with Crippen LogP contribution in [0.25, 0.3) is 10.8 Å². The molecule has 3 aliphatic carbocycles. The van der Waals surface area contributed by atoms with Gasteiger partial charge >= 0.3 is 0 Å². The number of hydrogen-bond acceptors (Lipinski definition) is 5. The first-order chi connectivity index (χ1) is 23.0. The highest BCUT2D eigenvalue weighted by molar-refractivity contribution is 9.10. The van der Waals surface area contributed by atoms with E-state index in [1.165, 1.54) is 24.6 Å². The number of allylic oxidation sites excluding steroid dienone is 4. The third-order valence-corrected chi connectivity index (χ3v) is 11.4. The summed E-state index contributed by atoms with van der Waals surface area (Å²) in [6, 6.07) is 19.0. The van der Waals surface area contributed by atoms with Crippen molar-refractivity contribution in [1.29, 1.82) is 0 Å². The third kappa shape index (κ3) is 6.14. The summed E-state index contributed by atoms with van der Waals surface area (Å²) in [5.41, 5.74) is 5.68. The van der Waals surface area contributed by atoms with E-state index in [2.05, 4.69) is 91.0 Å². The molecule has 0 N–H and O–H groups in total. The molecule has 0 atom stereocenters. The molecule has 7 rings (SSSR count). The Morgan fingerprint density at radius 3 is 2.06 bits per heavy atom. The molecular weight excluding hydrogens is 662 g/mol. The fraction of sp³-hybridized carbons (Fsp3) is 0.476. The van der Waals surface area contributed by atoms with E-state index in [9.17, 15) is 9.59 Å². The zero-order chi connectivity index (χ0) is 33.8. The Bertz CT molecular complexity index is 1780. The maximum absolute atomic E-state index is 14.4. The van der Waals surface area contributed by atoms with E-state index in [-0.39, 0.29) is 22.4 Å². The number of benzene rings is 3. The van der Waals surface area contributed by atoms with E-state index in [4.69, 9.17) is 9.47 Å². The summed E-state index contributed by atoms with van der Waals surface area (Å²) < 4.78 is 13.6. The molecule has 0 aromatic heterocycles. The molecule has 0 bridgehead atoms. The highest BCUT2D eigenvalue weighted by Gasteiger charge is 2.50. The fourth-order valence-corrected chi connectivity index (χ4v) is 9.41. The van der Waals surface area contributed by atoms with Crippen LogP contribution in [0, 0.1) is 10.8 Å². The minimum absolute atomic E-state index is 0.143.